The maximum absolute atomic E-state index is 13.1. The van der Waals surface area contributed by atoms with E-state index in [1.54, 1.807) is 0 Å². The summed E-state index contributed by atoms with van der Waals surface area (Å²) in [5.74, 6) is -1.31. The highest BCUT2D eigenvalue weighted by Gasteiger charge is 2.55. The standard InChI is InChI=1S/C17H20FN3O3/c1-11-5-2-3-8-17(11)15(23)21(16(24)20-17)10-14(22)19-13-7-4-6-12(18)9-13/h4,6-7,9,11H,2-3,5,8,10H2,1H3,(H,19,22)(H,20,24). The molecule has 4 amide bonds. The van der Waals surface area contributed by atoms with Crippen LogP contribution >= 0.6 is 0 Å². The van der Waals surface area contributed by atoms with E-state index in [1.807, 2.05) is 6.92 Å². The van der Waals surface area contributed by atoms with E-state index in [0.29, 0.717) is 6.42 Å². The second-order valence-corrected chi connectivity index (χ2v) is 6.50. The molecule has 1 aromatic rings. The van der Waals surface area contributed by atoms with Gasteiger partial charge in [-0.15, -0.1) is 0 Å². The average molecular weight is 333 g/mol. The van der Waals surface area contributed by atoms with Gasteiger partial charge in [-0.2, -0.15) is 0 Å². The van der Waals surface area contributed by atoms with Gasteiger partial charge in [0, 0.05) is 5.69 Å². The summed E-state index contributed by atoms with van der Waals surface area (Å²) >= 11 is 0. The fraction of sp³-hybridized carbons (Fsp3) is 0.471. The van der Waals surface area contributed by atoms with E-state index in [2.05, 4.69) is 10.6 Å². The minimum absolute atomic E-state index is 0.0407. The lowest BCUT2D eigenvalue weighted by Gasteiger charge is -2.36. The van der Waals surface area contributed by atoms with E-state index < -0.39 is 23.3 Å². The van der Waals surface area contributed by atoms with Crippen molar-refractivity contribution in [2.24, 2.45) is 5.92 Å². The summed E-state index contributed by atoms with van der Waals surface area (Å²) in [6, 6.07) is 4.91. The lowest BCUT2D eigenvalue weighted by atomic mass is 9.73. The van der Waals surface area contributed by atoms with Gasteiger partial charge in [-0.3, -0.25) is 14.5 Å². The zero-order chi connectivity index (χ0) is 17.3. The highest BCUT2D eigenvalue weighted by atomic mass is 19.1. The van der Waals surface area contributed by atoms with Crippen LogP contribution in [0.15, 0.2) is 24.3 Å². The molecule has 2 N–H and O–H groups in total. The minimum atomic E-state index is -0.880. The van der Waals surface area contributed by atoms with Crippen LogP contribution in [0.5, 0.6) is 0 Å². The average Bonchev–Trinajstić information content (AvgIpc) is 2.75. The van der Waals surface area contributed by atoms with Crippen molar-refractivity contribution in [3.8, 4) is 0 Å². The Morgan fingerprint density at radius 1 is 1.42 bits per heavy atom. The van der Waals surface area contributed by atoms with Crippen molar-refractivity contribution in [1.82, 2.24) is 10.2 Å². The second-order valence-electron chi connectivity index (χ2n) is 6.50. The maximum atomic E-state index is 13.1. The first-order valence-corrected chi connectivity index (χ1v) is 8.12. The molecule has 2 atom stereocenters. The van der Waals surface area contributed by atoms with Gasteiger partial charge < -0.3 is 10.6 Å². The van der Waals surface area contributed by atoms with E-state index in [1.165, 1.54) is 24.3 Å². The van der Waals surface area contributed by atoms with Gasteiger partial charge in [0.1, 0.15) is 17.9 Å². The molecule has 0 radical (unpaired) electrons. The Labute approximate surface area is 139 Å². The number of urea groups is 1. The molecule has 128 valence electrons. The molecule has 0 bridgehead atoms. The number of nitrogens with zero attached hydrogens (tertiary/aromatic N) is 1. The molecule has 3 rings (SSSR count). The Morgan fingerprint density at radius 3 is 2.92 bits per heavy atom. The van der Waals surface area contributed by atoms with Crippen molar-refractivity contribution >= 4 is 23.5 Å². The number of imide groups is 1. The number of rotatable bonds is 3. The summed E-state index contributed by atoms with van der Waals surface area (Å²) < 4.78 is 13.1. The fourth-order valence-electron chi connectivity index (χ4n) is 3.55. The topological polar surface area (TPSA) is 78.5 Å². The Balaban J connectivity index is 1.70. The molecule has 1 aliphatic heterocycles. The first kappa shape index (κ1) is 16.4. The number of amides is 4. The maximum Gasteiger partial charge on any atom is 0.325 e. The van der Waals surface area contributed by atoms with E-state index in [9.17, 15) is 18.8 Å². The quantitative estimate of drug-likeness (QED) is 0.833. The van der Waals surface area contributed by atoms with Crippen LogP contribution in [-0.2, 0) is 9.59 Å². The highest BCUT2D eigenvalue weighted by molar-refractivity contribution is 6.10. The molecular weight excluding hydrogens is 313 g/mol. The molecule has 2 unspecified atom stereocenters. The van der Waals surface area contributed by atoms with Gasteiger partial charge in [0.05, 0.1) is 0 Å². The SMILES string of the molecule is CC1CCCCC12NC(=O)N(CC(=O)Nc1cccc(F)c1)C2=O. The molecule has 7 heteroatoms. The van der Waals surface area contributed by atoms with Gasteiger partial charge in [-0.05, 0) is 37.0 Å². The first-order chi connectivity index (χ1) is 11.4. The van der Waals surface area contributed by atoms with Crippen molar-refractivity contribution in [3.63, 3.8) is 0 Å². The smallest absolute Gasteiger partial charge is 0.324 e. The van der Waals surface area contributed by atoms with Crippen LogP contribution < -0.4 is 10.6 Å². The van der Waals surface area contributed by atoms with Crippen molar-refractivity contribution in [2.75, 3.05) is 11.9 Å². The molecule has 1 saturated heterocycles. The largest absolute Gasteiger partial charge is 0.325 e. The summed E-state index contributed by atoms with van der Waals surface area (Å²) in [6.07, 6.45) is 3.38. The van der Waals surface area contributed by atoms with Crippen molar-refractivity contribution in [1.29, 1.82) is 0 Å². The first-order valence-electron chi connectivity index (χ1n) is 8.12. The van der Waals surface area contributed by atoms with Crippen LogP contribution in [0.4, 0.5) is 14.9 Å². The molecule has 2 aliphatic rings. The van der Waals surface area contributed by atoms with Crippen LogP contribution in [-0.4, -0.2) is 34.8 Å². The van der Waals surface area contributed by atoms with E-state index in [4.69, 9.17) is 0 Å². The van der Waals surface area contributed by atoms with Gasteiger partial charge in [-0.1, -0.05) is 25.8 Å². The minimum Gasteiger partial charge on any atom is -0.324 e. The number of carbonyl (C=O) groups is 3. The summed E-state index contributed by atoms with van der Waals surface area (Å²) in [6.45, 7) is 1.57. The van der Waals surface area contributed by atoms with Gasteiger partial charge in [0.15, 0.2) is 0 Å². The number of anilines is 1. The van der Waals surface area contributed by atoms with E-state index in [0.717, 1.165) is 24.2 Å². The van der Waals surface area contributed by atoms with E-state index in [-0.39, 0.29) is 24.1 Å². The number of benzene rings is 1. The summed E-state index contributed by atoms with van der Waals surface area (Å²) in [5, 5.41) is 5.30. The van der Waals surface area contributed by atoms with Crippen LogP contribution in [0.1, 0.15) is 32.6 Å². The third-order valence-electron chi connectivity index (χ3n) is 4.91. The summed E-state index contributed by atoms with van der Waals surface area (Å²) in [7, 11) is 0. The molecular formula is C17H20FN3O3. The van der Waals surface area contributed by atoms with Crippen molar-refractivity contribution in [3.05, 3.63) is 30.1 Å². The second kappa shape index (κ2) is 6.22. The molecule has 1 heterocycles. The molecule has 2 fully saturated rings. The number of halogens is 1. The van der Waals surface area contributed by atoms with Crippen LogP contribution in [0.2, 0.25) is 0 Å². The molecule has 6 nitrogen and oxygen atoms in total. The third kappa shape index (κ3) is 2.86. The third-order valence-corrected chi connectivity index (χ3v) is 4.91. The van der Waals surface area contributed by atoms with E-state index >= 15 is 0 Å². The monoisotopic (exact) mass is 333 g/mol. The van der Waals surface area contributed by atoms with Crippen LogP contribution in [0, 0.1) is 11.7 Å². The molecule has 24 heavy (non-hydrogen) atoms. The van der Waals surface area contributed by atoms with Crippen LogP contribution in [0.25, 0.3) is 0 Å². The van der Waals surface area contributed by atoms with Gasteiger partial charge >= 0.3 is 6.03 Å². The Morgan fingerprint density at radius 2 is 2.21 bits per heavy atom. The van der Waals surface area contributed by atoms with Gasteiger partial charge in [0.2, 0.25) is 5.91 Å². The Hall–Kier alpha value is -2.44. The molecule has 1 aliphatic carbocycles. The molecule has 1 aromatic carbocycles. The highest BCUT2D eigenvalue weighted by Crippen LogP contribution is 2.38. The number of nitrogens with one attached hydrogen (secondary N) is 2. The zero-order valence-corrected chi connectivity index (χ0v) is 13.5. The molecule has 0 aromatic heterocycles. The number of hydrogen-bond donors (Lipinski definition) is 2. The fourth-order valence-corrected chi connectivity index (χ4v) is 3.55. The lowest BCUT2D eigenvalue weighted by molar-refractivity contribution is -0.136. The Kier molecular flexibility index (Phi) is 4.26. The lowest BCUT2D eigenvalue weighted by Crippen LogP contribution is -2.54. The summed E-state index contributed by atoms with van der Waals surface area (Å²) in [5.41, 5.74) is -0.595. The number of hydrogen-bond acceptors (Lipinski definition) is 3. The summed E-state index contributed by atoms with van der Waals surface area (Å²) in [4.78, 5) is 38.0. The van der Waals surface area contributed by atoms with Crippen molar-refractivity contribution < 1.29 is 18.8 Å². The van der Waals surface area contributed by atoms with Gasteiger partial charge in [0.25, 0.3) is 5.91 Å². The Bertz CT molecular complexity index is 693. The van der Waals surface area contributed by atoms with Crippen molar-refractivity contribution in [2.45, 2.75) is 38.1 Å². The van der Waals surface area contributed by atoms with Gasteiger partial charge in [-0.25, -0.2) is 9.18 Å². The number of carbonyl (C=O) groups excluding carboxylic acids is 3. The molecule has 1 spiro atoms. The van der Waals surface area contributed by atoms with Crippen LogP contribution in [0.3, 0.4) is 0 Å². The zero-order valence-electron chi connectivity index (χ0n) is 13.5. The normalized spacial score (nSPS) is 26.6. The predicted molar refractivity (Wildman–Crippen MR) is 85.6 cm³/mol. The molecule has 1 saturated carbocycles. The predicted octanol–water partition coefficient (Wildman–Crippen LogP) is 2.26.